The Morgan fingerprint density at radius 3 is 2.71 bits per heavy atom. The van der Waals surface area contributed by atoms with Crippen molar-refractivity contribution in [2.24, 2.45) is 0 Å². The molecule has 2 aromatic rings. The first-order chi connectivity index (χ1) is 10.1. The number of hydrogen-bond acceptors (Lipinski definition) is 3. The first kappa shape index (κ1) is 15.2. The Morgan fingerprint density at radius 2 is 2.00 bits per heavy atom. The van der Waals surface area contributed by atoms with Crippen LogP contribution in [0.5, 0.6) is 11.5 Å². The summed E-state index contributed by atoms with van der Waals surface area (Å²) in [5, 5.41) is 12.4. The number of anilines is 1. The van der Waals surface area contributed by atoms with E-state index < -0.39 is 5.82 Å². The molecule has 0 aliphatic heterocycles. The number of phenolic OH excluding ortho intramolecular Hbond substituents is 1. The van der Waals surface area contributed by atoms with E-state index in [2.05, 4.69) is 12.2 Å². The highest BCUT2D eigenvalue weighted by molar-refractivity contribution is 5.58. The molecule has 21 heavy (non-hydrogen) atoms. The lowest BCUT2D eigenvalue weighted by Gasteiger charge is -2.14. The van der Waals surface area contributed by atoms with Gasteiger partial charge in [0.2, 0.25) is 0 Å². The van der Waals surface area contributed by atoms with E-state index in [4.69, 9.17) is 4.74 Å². The van der Waals surface area contributed by atoms with Crippen molar-refractivity contribution < 1.29 is 14.2 Å². The Balaban J connectivity index is 2.09. The van der Waals surface area contributed by atoms with Gasteiger partial charge in [-0.3, -0.25) is 0 Å². The summed E-state index contributed by atoms with van der Waals surface area (Å²) in [6, 6.07) is 10.3. The fourth-order valence-electron chi connectivity index (χ4n) is 1.96. The van der Waals surface area contributed by atoms with Gasteiger partial charge in [-0.15, -0.1) is 0 Å². The summed E-state index contributed by atoms with van der Waals surface area (Å²) >= 11 is 0. The summed E-state index contributed by atoms with van der Waals surface area (Å²) < 4.78 is 19.0. The van der Waals surface area contributed by atoms with E-state index in [-0.39, 0.29) is 5.75 Å². The van der Waals surface area contributed by atoms with Crippen molar-refractivity contribution in [2.45, 2.75) is 26.8 Å². The lowest BCUT2D eigenvalue weighted by atomic mass is 10.1. The molecule has 0 aliphatic rings. The zero-order chi connectivity index (χ0) is 15.2. The summed E-state index contributed by atoms with van der Waals surface area (Å²) in [6.07, 6.45) is 0.941. The van der Waals surface area contributed by atoms with E-state index in [0.717, 1.165) is 29.0 Å². The summed E-state index contributed by atoms with van der Waals surface area (Å²) in [6.45, 7) is 5.19. The van der Waals surface area contributed by atoms with Crippen LogP contribution < -0.4 is 10.1 Å². The average Bonchev–Trinajstić information content (AvgIpc) is 2.47. The minimum atomic E-state index is -0.610. The number of benzene rings is 2. The number of phenols is 1. The van der Waals surface area contributed by atoms with Crippen molar-refractivity contribution in [1.29, 1.82) is 0 Å². The Labute approximate surface area is 124 Å². The number of rotatable bonds is 6. The van der Waals surface area contributed by atoms with Gasteiger partial charge >= 0.3 is 0 Å². The molecule has 3 nitrogen and oxygen atoms in total. The molecule has 0 unspecified atom stereocenters. The highest BCUT2D eigenvalue weighted by Gasteiger charge is 2.06. The molecular weight excluding hydrogens is 269 g/mol. The highest BCUT2D eigenvalue weighted by Crippen LogP contribution is 2.27. The fourth-order valence-corrected chi connectivity index (χ4v) is 1.96. The third-order valence-corrected chi connectivity index (χ3v) is 3.09. The smallest absolute Gasteiger partial charge is 0.165 e. The Bertz CT molecular complexity index is 614. The van der Waals surface area contributed by atoms with Gasteiger partial charge in [0, 0.05) is 6.54 Å². The Kier molecular flexibility index (Phi) is 5.04. The molecule has 0 atom stereocenters. The third kappa shape index (κ3) is 4.12. The molecule has 0 bridgehead atoms. The van der Waals surface area contributed by atoms with Gasteiger partial charge in [0.1, 0.15) is 5.75 Å². The molecule has 2 aromatic carbocycles. The summed E-state index contributed by atoms with van der Waals surface area (Å²) in [5.41, 5.74) is 2.76. The molecule has 0 radical (unpaired) electrons. The monoisotopic (exact) mass is 289 g/mol. The second-order valence-electron chi connectivity index (χ2n) is 4.99. The Morgan fingerprint density at radius 1 is 1.19 bits per heavy atom. The maximum Gasteiger partial charge on any atom is 0.165 e. The van der Waals surface area contributed by atoms with Gasteiger partial charge in [-0.1, -0.05) is 19.1 Å². The normalized spacial score (nSPS) is 10.4. The predicted molar refractivity (Wildman–Crippen MR) is 82.4 cm³/mol. The zero-order valence-electron chi connectivity index (χ0n) is 12.3. The minimum absolute atomic E-state index is 0.332. The van der Waals surface area contributed by atoms with Gasteiger partial charge in [0.15, 0.2) is 11.6 Å². The lowest BCUT2D eigenvalue weighted by Crippen LogP contribution is -2.04. The van der Waals surface area contributed by atoms with Gasteiger partial charge < -0.3 is 15.2 Å². The molecule has 0 aliphatic carbocycles. The maximum atomic E-state index is 13.3. The number of nitrogens with one attached hydrogen (secondary N) is 1. The molecule has 0 saturated carbocycles. The Hall–Kier alpha value is -2.23. The van der Waals surface area contributed by atoms with Gasteiger partial charge in [0.25, 0.3) is 0 Å². The van der Waals surface area contributed by atoms with E-state index in [1.807, 2.05) is 25.1 Å². The molecule has 0 heterocycles. The van der Waals surface area contributed by atoms with Crippen LogP contribution in [-0.4, -0.2) is 11.7 Å². The summed E-state index contributed by atoms with van der Waals surface area (Å²) in [7, 11) is 0. The largest absolute Gasteiger partial charge is 0.505 e. The van der Waals surface area contributed by atoms with Crippen LogP contribution in [0.25, 0.3) is 0 Å². The van der Waals surface area contributed by atoms with Crippen LogP contribution in [0.4, 0.5) is 10.1 Å². The first-order valence-electron chi connectivity index (χ1n) is 7.05. The van der Waals surface area contributed by atoms with Crippen LogP contribution in [-0.2, 0) is 6.54 Å². The van der Waals surface area contributed by atoms with Crippen LogP contribution in [0.1, 0.15) is 24.5 Å². The molecule has 2 rings (SSSR count). The molecule has 112 valence electrons. The van der Waals surface area contributed by atoms with Crippen LogP contribution >= 0.6 is 0 Å². The zero-order valence-corrected chi connectivity index (χ0v) is 12.3. The second-order valence-corrected chi connectivity index (χ2v) is 4.99. The molecule has 4 heteroatoms. The van der Waals surface area contributed by atoms with Crippen molar-refractivity contribution in [1.82, 2.24) is 0 Å². The van der Waals surface area contributed by atoms with E-state index in [1.165, 1.54) is 12.1 Å². The van der Waals surface area contributed by atoms with Crippen molar-refractivity contribution in [3.05, 3.63) is 53.3 Å². The average molecular weight is 289 g/mol. The van der Waals surface area contributed by atoms with Crippen LogP contribution in [0.15, 0.2) is 36.4 Å². The topological polar surface area (TPSA) is 41.5 Å². The number of hydrogen-bond donors (Lipinski definition) is 2. The quantitative estimate of drug-likeness (QED) is 0.835. The van der Waals surface area contributed by atoms with Crippen molar-refractivity contribution in [2.75, 3.05) is 11.9 Å². The lowest BCUT2D eigenvalue weighted by molar-refractivity contribution is 0.318. The van der Waals surface area contributed by atoms with Crippen molar-refractivity contribution in [3.8, 4) is 11.5 Å². The molecular formula is C17H20FNO2. The number of aromatic hydroxyl groups is 1. The molecule has 0 spiro atoms. The SMILES string of the molecule is CCCOc1cc(C)ccc1NCc1ccc(O)c(F)c1. The highest BCUT2D eigenvalue weighted by atomic mass is 19.1. The second kappa shape index (κ2) is 6.97. The molecule has 0 fully saturated rings. The van der Waals surface area contributed by atoms with Gasteiger partial charge in [-0.25, -0.2) is 4.39 Å². The summed E-state index contributed by atoms with van der Waals surface area (Å²) in [5.74, 6) is -0.141. The number of aryl methyl sites for hydroxylation is 1. The molecule has 2 N–H and O–H groups in total. The number of ether oxygens (including phenoxy) is 1. The van der Waals surface area contributed by atoms with E-state index >= 15 is 0 Å². The molecule has 0 saturated heterocycles. The van der Waals surface area contributed by atoms with Crippen molar-refractivity contribution >= 4 is 5.69 Å². The van der Waals surface area contributed by atoms with Crippen molar-refractivity contribution in [3.63, 3.8) is 0 Å². The predicted octanol–water partition coefficient (Wildman–Crippen LogP) is 4.24. The standard InChI is InChI=1S/C17H20FNO2/c1-3-8-21-17-9-12(2)4-6-15(17)19-11-13-5-7-16(20)14(18)10-13/h4-7,9-10,19-20H,3,8,11H2,1-2H3. The molecule has 0 aromatic heterocycles. The number of halogens is 1. The van der Waals surface area contributed by atoms with E-state index in [0.29, 0.717) is 13.2 Å². The minimum Gasteiger partial charge on any atom is -0.505 e. The van der Waals surface area contributed by atoms with Gasteiger partial charge in [-0.05, 0) is 48.7 Å². The summed E-state index contributed by atoms with van der Waals surface area (Å²) in [4.78, 5) is 0. The van der Waals surface area contributed by atoms with E-state index in [1.54, 1.807) is 6.07 Å². The fraction of sp³-hybridized carbons (Fsp3) is 0.294. The maximum absolute atomic E-state index is 13.3. The van der Waals surface area contributed by atoms with Crippen LogP contribution in [0.2, 0.25) is 0 Å². The van der Waals surface area contributed by atoms with Gasteiger partial charge in [0.05, 0.1) is 12.3 Å². The van der Waals surface area contributed by atoms with Crippen LogP contribution in [0, 0.1) is 12.7 Å². The van der Waals surface area contributed by atoms with E-state index in [9.17, 15) is 9.50 Å². The molecule has 0 amide bonds. The van der Waals surface area contributed by atoms with Gasteiger partial charge in [-0.2, -0.15) is 0 Å². The van der Waals surface area contributed by atoms with Crippen LogP contribution in [0.3, 0.4) is 0 Å². The third-order valence-electron chi connectivity index (χ3n) is 3.09. The first-order valence-corrected chi connectivity index (χ1v) is 7.05.